The van der Waals surface area contributed by atoms with Crippen molar-refractivity contribution in [2.45, 2.75) is 0 Å². The Morgan fingerprint density at radius 2 is 1.52 bits per heavy atom. The minimum atomic E-state index is -0.719. The van der Waals surface area contributed by atoms with Crippen LogP contribution in [0, 0.1) is 11.3 Å². The summed E-state index contributed by atoms with van der Waals surface area (Å²) in [5.41, 5.74) is 3.44. The molecule has 1 heterocycles. The van der Waals surface area contributed by atoms with Crippen molar-refractivity contribution in [1.29, 1.82) is 5.26 Å². The normalized spacial score (nSPS) is 10.3. The van der Waals surface area contributed by atoms with E-state index < -0.39 is 11.9 Å². The third kappa shape index (κ3) is 3.98. The zero-order valence-electron chi connectivity index (χ0n) is 18.0. The SMILES string of the molecule is COC(=O)c1c(-c2cccc(-c3ccccc3C#N)c2)nn(-c2ccccc2)c1C(=O)OC. The van der Waals surface area contributed by atoms with E-state index in [9.17, 15) is 14.9 Å². The molecule has 0 aliphatic heterocycles. The highest BCUT2D eigenvalue weighted by atomic mass is 16.5. The quantitative estimate of drug-likeness (QED) is 0.422. The number of aromatic nitrogens is 2. The molecule has 1 aromatic heterocycles. The van der Waals surface area contributed by atoms with E-state index in [1.165, 1.54) is 18.9 Å². The highest BCUT2D eigenvalue weighted by Gasteiger charge is 2.31. The number of esters is 2. The van der Waals surface area contributed by atoms with Crippen LogP contribution >= 0.6 is 0 Å². The zero-order chi connectivity index (χ0) is 23.4. The molecular formula is C26H19N3O4. The van der Waals surface area contributed by atoms with Crippen LogP contribution in [0.4, 0.5) is 0 Å². The molecule has 0 radical (unpaired) electrons. The lowest BCUT2D eigenvalue weighted by Crippen LogP contribution is -2.15. The van der Waals surface area contributed by atoms with Gasteiger partial charge in [-0.2, -0.15) is 10.4 Å². The Morgan fingerprint density at radius 3 is 2.21 bits per heavy atom. The molecule has 162 valence electrons. The second-order valence-corrected chi connectivity index (χ2v) is 7.04. The van der Waals surface area contributed by atoms with Crippen LogP contribution in [0.1, 0.15) is 26.4 Å². The summed E-state index contributed by atoms with van der Waals surface area (Å²) < 4.78 is 11.3. The molecule has 0 unspecified atom stereocenters. The first-order chi connectivity index (χ1) is 16.1. The van der Waals surface area contributed by atoms with Crippen molar-refractivity contribution < 1.29 is 19.1 Å². The first-order valence-electron chi connectivity index (χ1n) is 10.0. The van der Waals surface area contributed by atoms with Crippen LogP contribution in [0.2, 0.25) is 0 Å². The molecule has 7 heteroatoms. The maximum Gasteiger partial charge on any atom is 0.357 e. The van der Waals surface area contributed by atoms with Crippen LogP contribution in [-0.4, -0.2) is 35.9 Å². The molecule has 3 aromatic carbocycles. The van der Waals surface area contributed by atoms with E-state index in [0.717, 1.165) is 11.1 Å². The fourth-order valence-corrected chi connectivity index (χ4v) is 3.62. The van der Waals surface area contributed by atoms with Gasteiger partial charge in [0.1, 0.15) is 11.3 Å². The number of nitrogens with zero attached hydrogens (tertiary/aromatic N) is 3. The molecule has 7 nitrogen and oxygen atoms in total. The third-order valence-corrected chi connectivity index (χ3v) is 5.15. The van der Waals surface area contributed by atoms with Crippen molar-refractivity contribution in [3.8, 4) is 34.1 Å². The predicted molar refractivity (Wildman–Crippen MR) is 122 cm³/mol. The third-order valence-electron chi connectivity index (χ3n) is 5.15. The number of methoxy groups -OCH3 is 2. The topological polar surface area (TPSA) is 94.2 Å². The van der Waals surface area contributed by atoms with Gasteiger partial charge in [-0.05, 0) is 35.4 Å². The lowest BCUT2D eigenvalue weighted by atomic mass is 9.96. The summed E-state index contributed by atoms with van der Waals surface area (Å²) in [5, 5.41) is 14.1. The monoisotopic (exact) mass is 437 g/mol. The Bertz CT molecular complexity index is 1380. The van der Waals surface area contributed by atoms with Gasteiger partial charge in [-0.25, -0.2) is 14.3 Å². The lowest BCUT2D eigenvalue weighted by Gasteiger charge is -2.07. The van der Waals surface area contributed by atoms with Crippen molar-refractivity contribution in [2.24, 2.45) is 0 Å². The van der Waals surface area contributed by atoms with Gasteiger partial charge in [-0.1, -0.05) is 54.6 Å². The van der Waals surface area contributed by atoms with E-state index >= 15 is 0 Å². The average molecular weight is 437 g/mol. The molecule has 4 rings (SSSR count). The molecule has 0 fully saturated rings. The highest BCUT2D eigenvalue weighted by Crippen LogP contribution is 2.32. The number of rotatable bonds is 5. The minimum Gasteiger partial charge on any atom is -0.465 e. The van der Waals surface area contributed by atoms with Crippen LogP contribution in [0.25, 0.3) is 28.1 Å². The van der Waals surface area contributed by atoms with Gasteiger partial charge in [0.15, 0.2) is 5.69 Å². The van der Waals surface area contributed by atoms with Crippen molar-refractivity contribution in [3.05, 3.63) is 95.7 Å². The van der Waals surface area contributed by atoms with Crippen molar-refractivity contribution in [3.63, 3.8) is 0 Å². The van der Waals surface area contributed by atoms with Gasteiger partial charge in [0.05, 0.1) is 31.5 Å². The molecular weight excluding hydrogens is 418 g/mol. The number of carbonyl (C=O) groups is 2. The minimum absolute atomic E-state index is 0.000999. The average Bonchev–Trinajstić information content (AvgIpc) is 3.29. The van der Waals surface area contributed by atoms with Crippen LogP contribution in [0.15, 0.2) is 78.9 Å². The van der Waals surface area contributed by atoms with Gasteiger partial charge in [0.25, 0.3) is 0 Å². The van der Waals surface area contributed by atoms with Crippen LogP contribution < -0.4 is 0 Å². The van der Waals surface area contributed by atoms with Gasteiger partial charge in [-0.15, -0.1) is 0 Å². The predicted octanol–water partition coefficient (Wildman–Crippen LogP) is 4.65. The molecule has 0 N–H and O–H groups in total. The first kappa shape index (κ1) is 21.5. The van der Waals surface area contributed by atoms with E-state index in [1.807, 2.05) is 30.3 Å². The summed E-state index contributed by atoms with van der Waals surface area (Å²) in [6.45, 7) is 0. The standard InChI is InChI=1S/C26H19N3O4/c1-32-25(30)22-23(28-29(24(22)26(31)33-2)20-12-4-3-5-13-20)18-11-8-10-17(15-18)21-14-7-6-9-19(21)16-27/h3-15H,1-2H3. The molecule has 0 spiro atoms. The molecule has 0 atom stereocenters. The molecule has 0 saturated heterocycles. The Labute approximate surface area is 190 Å². The van der Waals surface area contributed by atoms with Crippen molar-refractivity contribution in [2.75, 3.05) is 14.2 Å². The second kappa shape index (κ2) is 9.20. The van der Waals surface area contributed by atoms with Crippen LogP contribution in [0.3, 0.4) is 0 Å². The van der Waals surface area contributed by atoms with E-state index in [1.54, 1.807) is 48.5 Å². The van der Waals surface area contributed by atoms with Crippen molar-refractivity contribution in [1.82, 2.24) is 9.78 Å². The zero-order valence-corrected chi connectivity index (χ0v) is 18.0. The summed E-state index contributed by atoms with van der Waals surface area (Å²) in [6.07, 6.45) is 0. The Balaban J connectivity index is 1.99. The highest BCUT2D eigenvalue weighted by molar-refractivity contribution is 6.07. The fraction of sp³-hybridized carbons (Fsp3) is 0.0769. The lowest BCUT2D eigenvalue weighted by molar-refractivity contribution is 0.0549. The Hall–Kier alpha value is -4.70. The summed E-state index contributed by atoms with van der Waals surface area (Å²) in [7, 11) is 2.48. The smallest absolute Gasteiger partial charge is 0.357 e. The maximum absolute atomic E-state index is 12.8. The summed E-state index contributed by atoms with van der Waals surface area (Å²) in [4.78, 5) is 25.6. The molecule has 0 saturated carbocycles. The summed E-state index contributed by atoms with van der Waals surface area (Å²) >= 11 is 0. The second-order valence-electron chi connectivity index (χ2n) is 7.04. The Morgan fingerprint density at radius 1 is 0.848 bits per heavy atom. The number of hydrogen-bond donors (Lipinski definition) is 0. The van der Waals surface area contributed by atoms with E-state index in [0.29, 0.717) is 16.8 Å². The molecule has 0 bridgehead atoms. The van der Waals surface area contributed by atoms with Crippen LogP contribution in [0.5, 0.6) is 0 Å². The van der Waals surface area contributed by atoms with Gasteiger partial charge in [-0.3, -0.25) is 0 Å². The van der Waals surface area contributed by atoms with Gasteiger partial charge >= 0.3 is 11.9 Å². The number of ether oxygens (including phenoxy) is 2. The van der Waals surface area contributed by atoms with Gasteiger partial charge in [0, 0.05) is 5.56 Å². The number of nitriles is 1. The number of hydrogen-bond acceptors (Lipinski definition) is 6. The number of carbonyl (C=O) groups excluding carboxylic acids is 2. The van der Waals surface area contributed by atoms with E-state index in [4.69, 9.17) is 9.47 Å². The molecule has 0 amide bonds. The summed E-state index contributed by atoms with van der Waals surface area (Å²) in [5.74, 6) is -1.43. The van der Waals surface area contributed by atoms with Crippen LogP contribution in [-0.2, 0) is 9.47 Å². The van der Waals surface area contributed by atoms with E-state index in [2.05, 4.69) is 11.2 Å². The summed E-state index contributed by atoms with van der Waals surface area (Å²) in [6, 6.07) is 25.7. The number of benzene rings is 3. The largest absolute Gasteiger partial charge is 0.465 e. The van der Waals surface area contributed by atoms with Gasteiger partial charge in [0.2, 0.25) is 0 Å². The van der Waals surface area contributed by atoms with E-state index in [-0.39, 0.29) is 17.0 Å². The Kier molecular flexibility index (Phi) is 6.00. The fourth-order valence-electron chi connectivity index (χ4n) is 3.62. The number of para-hydroxylation sites is 1. The molecule has 4 aromatic rings. The molecule has 0 aliphatic rings. The first-order valence-corrected chi connectivity index (χ1v) is 10.0. The molecule has 0 aliphatic carbocycles. The molecule has 33 heavy (non-hydrogen) atoms. The van der Waals surface area contributed by atoms with Gasteiger partial charge < -0.3 is 9.47 Å². The van der Waals surface area contributed by atoms with Crippen molar-refractivity contribution >= 4 is 11.9 Å². The maximum atomic E-state index is 12.8.